The quantitative estimate of drug-likeness (QED) is 0.372. The fourth-order valence-corrected chi connectivity index (χ4v) is 4.36. The van der Waals surface area contributed by atoms with Gasteiger partial charge in [-0.25, -0.2) is 13.1 Å². The third kappa shape index (κ3) is 6.22. The Morgan fingerprint density at radius 1 is 1.00 bits per heavy atom. The SMILES string of the molecule is C[C@H](NS(=O)(=O)c1ccc(CCC(=O)Nc2cccc([N+](=O)[O-])c2)cc1)c1ccccc1. The number of hydrogen-bond acceptors (Lipinski definition) is 5. The first kappa shape index (κ1) is 23.1. The summed E-state index contributed by atoms with van der Waals surface area (Å²) in [6.07, 6.45) is 0.549. The molecule has 0 bridgehead atoms. The van der Waals surface area contributed by atoms with Gasteiger partial charge in [-0.2, -0.15) is 0 Å². The summed E-state index contributed by atoms with van der Waals surface area (Å²) in [5.41, 5.74) is 1.91. The zero-order valence-corrected chi connectivity index (χ0v) is 18.2. The molecule has 3 rings (SSSR count). The summed E-state index contributed by atoms with van der Waals surface area (Å²) in [6.45, 7) is 1.78. The van der Waals surface area contributed by atoms with Gasteiger partial charge in [-0.1, -0.05) is 48.5 Å². The number of non-ortho nitro benzene ring substituents is 1. The van der Waals surface area contributed by atoms with E-state index in [0.717, 1.165) is 11.1 Å². The molecular formula is C23H23N3O5S. The van der Waals surface area contributed by atoms with Gasteiger partial charge in [0.05, 0.1) is 9.82 Å². The highest BCUT2D eigenvalue weighted by Crippen LogP contribution is 2.19. The predicted octanol–water partition coefficient (Wildman–Crippen LogP) is 4.21. The van der Waals surface area contributed by atoms with Gasteiger partial charge in [0.2, 0.25) is 15.9 Å². The number of sulfonamides is 1. The number of carbonyl (C=O) groups is 1. The van der Waals surface area contributed by atoms with Crippen LogP contribution in [0.2, 0.25) is 0 Å². The summed E-state index contributed by atoms with van der Waals surface area (Å²) in [4.78, 5) is 22.6. The first-order chi connectivity index (χ1) is 15.2. The van der Waals surface area contributed by atoms with Crippen LogP contribution in [0.3, 0.4) is 0 Å². The number of nitrogens with zero attached hydrogens (tertiary/aromatic N) is 1. The third-order valence-electron chi connectivity index (χ3n) is 4.85. The number of nitro benzene ring substituents is 1. The van der Waals surface area contributed by atoms with Gasteiger partial charge in [0.15, 0.2) is 0 Å². The molecule has 0 saturated heterocycles. The second kappa shape index (κ2) is 10.2. The van der Waals surface area contributed by atoms with Gasteiger partial charge in [0.25, 0.3) is 5.69 Å². The second-order valence-corrected chi connectivity index (χ2v) is 8.97. The van der Waals surface area contributed by atoms with Crippen molar-refractivity contribution in [2.75, 3.05) is 5.32 Å². The zero-order valence-electron chi connectivity index (χ0n) is 17.4. The van der Waals surface area contributed by atoms with E-state index in [-0.39, 0.29) is 29.0 Å². The number of carbonyl (C=O) groups excluding carboxylic acids is 1. The molecule has 1 atom stereocenters. The molecule has 2 N–H and O–H groups in total. The van der Waals surface area contributed by atoms with Crippen LogP contribution in [0.5, 0.6) is 0 Å². The highest BCUT2D eigenvalue weighted by molar-refractivity contribution is 7.89. The van der Waals surface area contributed by atoms with E-state index >= 15 is 0 Å². The van der Waals surface area contributed by atoms with E-state index in [1.807, 2.05) is 30.3 Å². The van der Waals surface area contributed by atoms with Crippen molar-refractivity contribution in [2.45, 2.75) is 30.7 Å². The molecule has 0 fully saturated rings. The Kier molecular flexibility index (Phi) is 7.34. The van der Waals surface area contributed by atoms with Crippen molar-refractivity contribution in [3.63, 3.8) is 0 Å². The largest absolute Gasteiger partial charge is 0.326 e. The van der Waals surface area contributed by atoms with Crippen molar-refractivity contribution in [3.05, 3.63) is 100 Å². The van der Waals surface area contributed by atoms with E-state index in [2.05, 4.69) is 10.0 Å². The first-order valence-electron chi connectivity index (χ1n) is 9.95. The molecule has 0 heterocycles. The summed E-state index contributed by atoms with van der Waals surface area (Å²) in [5, 5.41) is 13.5. The molecule has 3 aromatic rings. The Bertz CT molecular complexity index is 1200. The molecule has 0 aliphatic heterocycles. The summed E-state index contributed by atoms with van der Waals surface area (Å²) in [6, 6.07) is 21.0. The van der Waals surface area contributed by atoms with Gasteiger partial charge < -0.3 is 5.32 Å². The Morgan fingerprint density at radius 2 is 1.69 bits per heavy atom. The minimum Gasteiger partial charge on any atom is -0.326 e. The number of benzene rings is 3. The van der Waals surface area contributed by atoms with Crippen molar-refractivity contribution in [1.29, 1.82) is 0 Å². The number of nitrogens with one attached hydrogen (secondary N) is 2. The van der Waals surface area contributed by atoms with Gasteiger partial charge in [0.1, 0.15) is 0 Å². The molecule has 0 spiro atoms. The molecule has 0 radical (unpaired) electrons. The topological polar surface area (TPSA) is 118 Å². The van der Waals surface area contributed by atoms with Gasteiger partial charge in [-0.3, -0.25) is 14.9 Å². The van der Waals surface area contributed by atoms with Crippen LogP contribution in [0.4, 0.5) is 11.4 Å². The van der Waals surface area contributed by atoms with Crippen LogP contribution >= 0.6 is 0 Å². The van der Waals surface area contributed by atoms with E-state index in [1.54, 1.807) is 25.1 Å². The molecule has 0 aromatic heterocycles. The minimum atomic E-state index is -3.69. The van der Waals surface area contributed by atoms with Gasteiger partial charge >= 0.3 is 0 Å². The summed E-state index contributed by atoms with van der Waals surface area (Å²) >= 11 is 0. The predicted molar refractivity (Wildman–Crippen MR) is 122 cm³/mol. The van der Waals surface area contributed by atoms with Crippen LogP contribution in [0, 0.1) is 10.1 Å². The van der Waals surface area contributed by atoms with Crippen LogP contribution in [0.1, 0.15) is 30.5 Å². The van der Waals surface area contributed by atoms with E-state index in [1.165, 1.54) is 30.3 Å². The normalized spacial score (nSPS) is 12.2. The van der Waals surface area contributed by atoms with Crippen LogP contribution in [0.15, 0.2) is 83.8 Å². The average Bonchev–Trinajstić information content (AvgIpc) is 2.78. The van der Waals surface area contributed by atoms with E-state index in [9.17, 15) is 23.3 Å². The molecule has 0 unspecified atom stereocenters. The summed E-state index contributed by atoms with van der Waals surface area (Å²) in [5.74, 6) is -0.291. The molecule has 0 aliphatic rings. The highest BCUT2D eigenvalue weighted by Gasteiger charge is 2.18. The smallest absolute Gasteiger partial charge is 0.271 e. The molecule has 0 saturated carbocycles. The fourth-order valence-electron chi connectivity index (χ4n) is 3.12. The number of rotatable bonds is 9. The van der Waals surface area contributed by atoms with Crippen LogP contribution in [-0.2, 0) is 21.2 Å². The first-order valence-corrected chi connectivity index (χ1v) is 11.4. The standard InChI is InChI=1S/C23H23N3O5S/c1-17(19-6-3-2-4-7-19)25-32(30,31)22-13-10-18(11-14-22)12-15-23(27)24-20-8-5-9-21(16-20)26(28)29/h2-11,13-14,16-17,25H,12,15H2,1H3,(H,24,27)/t17-/m0/s1. The molecule has 8 nitrogen and oxygen atoms in total. The summed E-state index contributed by atoms with van der Waals surface area (Å²) < 4.78 is 28.0. The van der Waals surface area contributed by atoms with E-state index in [0.29, 0.717) is 12.1 Å². The Hall–Kier alpha value is -3.56. The van der Waals surface area contributed by atoms with Crippen molar-refractivity contribution in [1.82, 2.24) is 4.72 Å². The number of amides is 1. The van der Waals surface area contributed by atoms with Crippen molar-refractivity contribution >= 4 is 27.3 Å². The maximum absolute atomic E-state index is 12.6. The Morgan fingerprint density at radius 3 is 2.34 bits per heavy atom. The lowest BCUT2D eigenvalue weighted by Crippen LogP contribution is -2.26. The maximum Gasteiger partial charge on any atom is 0.271 e. The molecule has 9 heteroatoms. The Labute approximate surface area is 186 Å². The van der Waals surface area contributed by atoms with E-state index in [4.69, 9.17) is 0 Å². The molecule has 1 amide bonds. The molecule has 32 heavy (non-hydrogen) atoms. The lowest BCUT2D eigenvalue weighted by atomic mass is 10.1. The lowest BCUT2D eigenvalue weighted by molar-refractivity contribution is -0.384. The van der Waals surface area contributed by atoms with Gasteiger partial charge in [-0.15, -0.1) is 0 Å². The van der Waals surface area contributed by atoms with Crippen LogP contribution < -0.4 is 10.0 Å². The van der Waals surface area contributed by atoms with Crippen LogP contribution in [0.25, 0.3) is 0 Å². The van der Waals surface area contributed by atoms with Gasteiger partial charge in [-0.05, 0) is 42.7 Å². The second-order valence-electron chi connectivity index (χ2n) is 7.25. The summed E-state index contributed by atoms with van der Waals surface area (Å²) in [7, 11) is -3.69. The van der Waals surface area contributed by atoms with Crippen LogP contribution in [-0.4, -0.2) is 19.2 Å². The minimum absolute atomic E-state index is 0.102. The Balaban J connectivity index is 1.56. The van der Waals surface area contributed by atoms with Crippen molar-refractivity contribution < 1.29 is 18.1 Å². The monoisotopic (exact) mass is 453 g/mol. The number of hydrogen-bond donors (Lipinski definition) is 2. The highest BCUT2D eigenvalue weighted by atomic mass is 32.2. The number of nitro groups is 1. The van der Waals surface area contributed by atoms with Crippen molar-refractivity contribution in [3.8, 4) is 0 Å². The number of aryl methyl sites for hydroxylation is 1. The average molecular weight is 454 g/mol. The maximum atomic E-state index is 12.6. The third-order valence-corrected chi connectivity index (χ3v) is 6.40. The van der Waals surface area contributed by atoms with Gasteiger partial charge in [0, 0.05) is 30.3 Å². The number of anilines is 1. The molecule has 0 aliphatic carbocycles. The zero-order chi connectivity index (χ0) is 23.1. The van der Waals surface area contributed by atoms with Crippen molar-refractivity contribution in [2.24, 2.45) is 0 Å². The lowest BCUT2D eigenvalue weighted by Gasteiger charge is -2.15. The van der Waals surface area contributed by atoms with E-state index < -0.39 is 14.9 Å². The fraction of sp³-hybridized carbons (Fsp3) is 0.174. The molecule has 166 valence electrons. The molecular weight excluding hydrogens is 430 g/mol. The molecule has 3 aromatic carbocycles.